The molecule has 68 valence electrons. The molecule has 0 aromatic heterocycles. The van der Waals surface area contributed by atoms with Crippen molar-refractivity contribution in [2.75, 3.05) is 18.1 Å². The van der Waals surface area contributed by atoms with Crippen LogP contribution < -0.4 is 0 Å². The predicted octanol–water partition coefficient (Wildman–Crippen LogP) is 0.846. The van der Waals surface area contributed by atoms with Gasteiger partial charge >= 0.3 is 0 Å². The highest BCUT2D eigenvalue weighted by Crippen LogP contribution is 2.54. The van der Waals surface area contributed by atoms with Crippen LogP contribution in [0.1, 0.15) is 6.42 Å². The molecular formula is C8H12O2S2. The smallest absolute Gasteiger partial charge is 0.0871 e. The van der Waals surface area contributed by atoms with Crippen molar-refractivity contribution in [3.05, 3.63) is 11.6 Å². The van der Waals surface area contributed by atoms with Crippen LogP contribution in [-0.4, -0.2) is 38.5 Å². The first-order valence-electron chi connectivity index (χ1n) is 4.05. The Labute approximate surface area is 80.4 Å². The lowest BCUT2D eigenvalue weighted by Gasteiger charge is -2.24. The predicted molar refractivity (Wildman–Crippen MR) is 53.4 cm³/mol. The number of aliphatic hydroxyl groups is 2. The van der Waals surface area contributed by atoms with Gasteiger partial charge in [0.15, 0.2) is 0 Å². The van der Waals surface area contributed by atoms with Crippen molar-refractivity contribution in [2.24, 2.45) is 0 Å². The van der Waals surface area contributed by atoms with Gasteiger partial charge in [-0.05, 0) is 5.57 Å². The number of aliphatic hydroxyl groups excluding tert-OH is 2. The minimum absolute atomic E-state index is 0.0220. The zero-order valence-electron chi connectivity index (χ0n) is 6.69. The minimum Gasteiger partial charge on any atom is -0.392 e. The maximum atomic E-state index is 9.44. The summed E-state index contributed by atoms with van der Waals surface area (Å²) in [5.74, 6) is 2.27. The van der Waals surface area contributed by atoms with Gasteiger partial charge in [0.25, 0.3) is 0 Å². The summed E-state index contributed by atoms with van der Waals surface area (Å²) in [4.78, 5) is 0. The van der Waals surface area contributed by atoms with Crippen molar-refractivity contribution >= 4 is 23.5 Å². The highest BCUT2D eigenvalue weighted by Gasteiger charge is 2.44. The quantitative estimate of drug-likeness (QED) is 0.621. The molecule has 2 N–H and O–H groups in total. The minimum atomic E-state index is -0.342. The Bertz CT molecular complexity index is 209. The SMILES string of the molecule is OCC1=C[C@H](O)CC12SCCS2. The monoisotopic (exact) mass is 204 g/mol. The van der Waals surface area contributed by atoms with Gasteiger partial charge in [0.2, 0.25) is 0 Å². The van der Waals surface area contributed by atoms with Gasteiger partial charge in [-0.2, -0.15) is 0 Å². The Hall–Kier alpha value is 0.360. The maximum Gasteiger partial charge on any atom is 0.0871 e. The van der Waals surface area contributed by atoms with Crippen molar-refractivity contribution in [3.8, 4) is 0 Å². The molecule has 1 heterocycles. The summed E-state index contributed by atoms with van der Waals surface area (Å²) in [7, 11) is 0. The third-order valence-corrected chi connectivity index (χ3v) is 5.86. The van der Waals surface area contributed by atoms with Crippen molar-refractivity contribution in [1.29, 1.82) is 0 Å². The van der Waals surface area contributed by atoms with E-state index in [1.54, 1.807) is 0 Å². The summed E-state index contributed by atoms with van der Waals surface area (Å²) in [5.41, 5.74) is 1.02. The van der Waals surface area contributed by atoms with E-state index < -0.39 is 0 Å². The molecule has 0 aromatic rings. The summed E-state index contributed by atoms with van der Waals surface area (Å²) in [6.07, 6.45) is 2.24. The fourth-order valence-electron chi connectivity index (χ4n) is 1.76. The van der Waals surface area contributed by atoms with E-state index in [-0.39, 0.29) is 16.8 Å². The fourth-order valence-corrected chi connectivity index (χ4v) is 5.13. The maximum absolute atomic E-state index is 9.44. The molecule has 2 nitrogen and oxygen atoms in total. The van der Waals surface area contributed by atoms with Gasteiger partial charge in [-0.15, -0.1) is 23.5 Å². The molecule has 2 aliphatic rings. The van der Waals surface area contributed by atoms with E-state index in [0.29, 0.717) is 0 Å². The number of hydrogen-bond acceptors (Lipinski definition) is 4. The zero-order valence-corrected chi connectivity index (χ0v) is 8.33. The molecule has 0 unspecified atom stereocenters. The molecule has 1 fully saturated rings. The van der Waals surface area contributed by atoms with Gasteiger partial charge in [-0.1, -0.05) is 6.08 Å². The van der Waals surface area contributed by atoms with E-state index in [2.05, 4.69) is 0 Å². The Kier molecular flexibility index (Phi) is 2.42. The molecule has 0 saturated carbocycles. The number of thioether (sulfide) groups is 2. The molecule has 1 saturated heterocycles. The summed E-state index contributed by atoms with van der Waals surface area (Å²) in [6.45, 7) is 0.0943. The second-order valence-electron chi connectivity index (χ2n) is 3.07. The normalized spacial score (nSPS) is 32.8. The first kappa shape index (κ1) is 8.94. The van der Waals surface area contributed by atoms with E-state index in [1.807, 2.05) is 29.6 Å². The third kappa shape index (κ3) is 1.31. The van der Waals surface area contributed by atoms with Crippen LogP contribution in [0.15, 0.2) is 11.6 Å². The molecule has 0 bridgehead atoms. The van der Waals surface area contributed by atoms with E-state index in [1.165, 1.54) is 0 Å². The Morgan fingerprint density at radius 2 is 2.17 bits per heavy atom. The fraction of sp³-hybridized carbons (Fsp3) is 0.750. The molecular weight excluding hydrogens is 192 g/mol. The highest BCUT2D eigenvalue weighted by molar-refractivity contribution is 8.21. The van der Waals surface area contributed by atoms with Crippen LogP contribution in [0.2, 0.25) is 0 Å². The van der Waals surface area contributed by atoms with Crippen LogP contribution in [0.4, 0.5) is 0 Å². The van der Waals surface area contributed by atoms with Crippen molar-refractivity contribution in [2.45, 2.75) is 16.6 Å². The summed E-state index contributed by atoms with van der Waals surface area (Å²) >= 11 is 3.73. The van der Waals surface area contributed by atoms with Crippen LogP contribution in [-0.2, 0) is 0 Å². The standard InChI is InChI=1S/C8H12O2S2/c9-5-6-3-7(10)4-8(6)11-1-2-12-8/h3,7,9-10H,1-2,4-5H2/t7-/m0/s1. The Morgan fingerprint density at radius 1 is 1.50 bits per heavy atom. The second kappa shape index (κ2) is 3.25. The molecule has 1 spiro atoms. The molecule has 0 aromatic carbocycles. The summed E-state index contributed by atoms with van der Waals surface area (Å²) in [5, 5.41) is 18.5. The van der Waals surface area contributed by atoms with Gasteiger partial charge in [0, 0.05) is 17.9 Å². The van der Waals surface area contributed by atoms with Gasteiger partial charge in [0.1, 0.15) is 0 Å². The van der Waals surface area contributed by atoms with E-state index in [4.69, 9.17) is 5.11 Å². The van der Waals surface area contributed by atoms with Crippen LogP contribution >= 0.6 is 23.5 Å². The average Bonchev–Trinajstić information content (AvgIpc) is 2.60. The highest BCUT2D eigenvalue weighted by atomic mass is 32.2. The van der Waals surface area contributed by atoms with Gasteiger partial charge in [-0.3, -0.25) is 0 Å². The molecule has 0 amide bonds. The van der Waals surface area contributed by atoms with Crippen molar-refractivity contribution in [1.82, 2.24) is 0 Å². The second-order valence-corrected chi connectivity index (χ2v) is 6.12. The van der Waals surface area contributed by atoms with Crippen LogP contribution in [0.3, 0.4) is 0 Å². The topological polar surface area (TPSA) is 40.5 Å². The van der Waals surface area contributed by atoms with Gasteiger partial charge < -0.3 is 10.2 Å². The lowest BCUT2D eigenvalue weighted by Crippen LogP contribution is -2.20. The Morgan fingerprint density at radius 3 is 2.75 bits per heavy atom. The molecule has 4 heteroatoms. The van der Waals surface area contributed by atoms with Crippen LogP contribution in [0, 0.1) is 0 Å². The molecule has 0 radical (unpaired) electrons. The first-order chi connectivity index (χ1) is 5.77. The molecule has 1 aliphatic carbocycles. The van der Waals surface area contributed by atoms with Gasteiger partial charge in [-0.25, -0.2) is 0 Å². The van der Waals surface area contributed by atoms with E-state index >= 15 is 0 Å². The zero-order chi connectivity index (χ0) is 8.60. The lowest BCUT2D eigenvalue weighted by atomic mass is 10.2. The van der Waals surface area contributed by atoms with Crippen LogP contribution in [0.5, 0.6) is 0 Å². The molecule has 2 rings (SSSR count). The summed E-state index contributed by atoms with van der Waals surface area (Å²) in [6, 6.07) is 0. The van der Waals surface area contributed by atoms with E-state index in [0.717, 1.165) is 23.5 Å². The van der Waals surface area contributed by atoms with Crippen molar-refractivity contribution < 1.29 is 10.2 Å². The summed E-state index contributed by atoms with van der Waals surface area (Å²) < 4.78 is 0.0220. The molecule has 12 heavy (non-hydrogen) atoms. The average molecular weight is 204 g/mol. The van der Waals surface area contributed by atoms with Crippen molar-refractivity contribution in [3.63, 3.8) is 0 Å². The molecule has 1 aliphatic heterocycles. The number of rotatable bonds is 1. The largest absolute Gasteiger partial charge is 0.392 e. The third-order valence-electron chi connectivity index (χ3n) is 2.28. The lowest BCUT2D eigenvalue weighted by molar-refractivity contribution is 0.222. The Balaban J connectivity index is 2.21. The van der Waals surface area contributed by atoms with Crippen LogP contribution in [0.25, 0.3) is 0 Å². The number of hydrogen-bond donors (Lipinski definition) is 2. The van der Waals surface area contributed by atoms with Gasteiger partial charge in [0.05, 0.1) is 16.8 Å². The molecule has 1 atom stereocenters. The first-order valence-corrected chi connectivity index (χ1v) is 6.02. The van der Waals surface area contributed by atoms with E-state index in [9.17, 15) is 5.11 Å².